The van der Waals surface area contributed by atoms with E-state index in [0.717, 1.165) is 33.7 Å². The van der Waals surface area contributed by atoms with Crippen LogP contribution in [0.5, 0.6) is 0 Å². The number of carbonyl (C=O) groups is 3. The lowest BCUT2D eigenvalue weighted by atomic mass is 9.76. The number of aromatic nitrogens is 2. The topological polar surface area (TPSA) is 96.3 Å². The Labute approximate surface area is 182 Å². The monoisotopic (exact) mass is 435 g/mol. The summed E-state index contributed by atoms with van der Waals surface area (Å²) in [5.41, 5.74) is 0.815. The third-order valence-electron chi connectivity index (χ3n) is 5.82. The summed E-state index contributed by atoms with van der Waals surface area (Å²) in [4.78, 5) is 40.8. The molecule has 0 unspecified atom stereocenters. The van der Waals surface area contributed by atoms with Crippen molar-refractivity contribution in [2.24, 2.45) is 0 Å². The van der Waals surface area contributed by atoms with Gasteiger partial charge in [0.05, 0.1) is 12.7 Å². The maximum absolute atomic E-state index is 13.3. The first-order chi connectivity index (χ1) is 15.1. The number of hydrogen-bond donors (Lipinski definition) is 2. The number of amides is 4. The third-order valence-corrected chi connectivity index (χ3v) is 6.68. The SMILES string of the molecule is O=C(CN1C(=O)N[C@@]2(CCCc3ccccc32)C1=O)Nc1ccnn1Cc1cccs1. The molecule has 9 heteroatoms. The van der Waals surface area contributed by atoms with Gasteiger partial charge in [-0.3, -0.25) is 14.5 Å². The Morgan fingerprint density at radius 1 is 1.19 bits per heavy atom. The number of carbonyl (C=O) groups excluding carboxylic acids is 3. The predicted octanol–water partition coefficient (Wildman–Crippen LogP) is 2.72. The van der Waals surface area contributed by atoms with E-state index in [2.05, 4.69) is 15.7 Å². The number of nitrogens with zero attached hydrogens (tertiary/aromatic N) is 3. The van der Waals surface area contributed by atoms with Gasteiger partial charge in [0.25, 0.3) is 5.91 Å². The lowest BCUT2D eigenvalue weighted by Gasteiger charge is -2.33. The Bertz CT molecular complexity index is 1160. The van der Waals surface area contributed by atoms with E-state index in [1.165, 1.54) is 0 Å². The number of nitrogens with one attached hydrogen (secondary N) is 2. The molecule has 1 aliphatic heterocycles. The van der Waals surface area contributed by atoms with Crippen LogP contribution in [0.3, 0.4) is 0 Å². The van der Waals surface area contributed by atoms with Crippen LogP contribution in [-0.2, 0) is 28.1 Å². The number of aryl methyl sites for hydroxylation is 1. The zero-order valence-corrected chi connectivity index (χ0v) is 17.5. The van der Waals surface area contributed by atoms with Gasteiger partial charge in [-0.1, -0.05) is 30.3 Å². The molecule has 1 atom stereocenters. The van der Waals surface area contributed by atoms with E-state index in [0.29, 0.717) is 18.8 Å². The molecule has 5 rings (SSSR count). The number of urea groups is 1. The smallest absolute Gasteiger partial charge is 0.319 e. The number of imide groups is 1. The molecule has 31 heavy (non-hydrogen) atoms. The van der Waals surface area contributed by atoms with Crippen LogP contribution in [0.1, 0.15) is 28.8 Å². The predicted molar refractivity (Wildman–Crippen MR) is 116 cm³/mol. The molecule has 158 valence electrons. The molecule has 0 saturated carbocycles. The highest BCUT2D eigenvalue weighted by molar-refractivity contribution is 7.09. The van der Waals surface area contributed by atoms with Crippen molar-refractivity contribution in [2.75, 3.05) is 11.9 Å². The number of fused-ring (bicyclic) bond motifs is 2. The molecule has 2 aromatic heterocycles. The van der Waals surface area contributed by atoms with Crippen LogP contribution < -0.4 is 10.6 Å². The second kappa shape index (κ2) is 7.66. The molecule has 8 nitrogen and oxygen atoms in total. The van der Waals surface area contributed by atoms with E-state index in [1.54, 1.807) is 28.3 Å². The Kier molecular flexibility index (Phi) is 4.82. The Balaban J connectivity index is 1.32. The molecule has 1 spiro atoms. The zero-order chi connectivity index (χ0) is 21.4. The number of hydrogen-bond acceptors (Lipinski definition) is 5. The summed E-state index contributed by atoms with van der Waals surface area (Å²) in [7, 11) is 0. The fraction of sp³-hybridized carbons (Fsp3) is 0.273. The van der Waals surface area contributed by atoms with Crippen molar-refractivity contribution in [3.8, 4) is 0 Å². The fourth-order valence-electron chi connectivity index (χ4n) is 4.40. The fourth-order valence-corrected chi connectivity index (χ4v) is 5.08. The van der Waals surface area contributed by atoms with Gasteiger partial charge in [0.15, 0.2) is 0 Å². The van der Waals surface area contributed by atoms with Crippen molar-refractivity contribution < 1.29 is 14.4 Å². The normalized spacial score (nSPS) is 20.1. The summed E-state index contributed by atoms with van der Waals surface area (Å²) in [6.07, 6.45) is 3.80. The number of anilines is 1. The Morgan fingerprint density at radius 2 is 2.06 bits per heavy atom. The van der Waals surface area contributed by atoms with Gasteiger partial charge >= 0.3 is 6.03 Å². The number of thiophene rings is 1. The highest BCUT2D eigenvalue weighted by Crippen LogP contribution is 2.39. The Hall–Kier alpha value is -3.46. The molecule has 3 aromatic rings. The molecule has 1 aromatic carbocycles. The second-order valence-corrected chi connectivity index (χ2v) is 8.77. The third kappa shape index (κ3) is 3.40. The summed E-state index contributed by atoms with van der Waals surface area (Å²) in [5.74, 6) is -0.298. The average Bonchev–Trinajstić information content (AvgIpc) is 3.48. The molecule has 1 saturated heterocycles. The summed E-state index contributed by atoms with van der Waals surface area (Å²) < 4.78 is 1.68. The van der Waals surface area contributed by atoms with Gasteiger partial charge in [-0.15, -0.1) is 11.3 Å². The van der Waals surface area contributed by atoms with Crippen molar-refractivity contribution in [3.63, 3.8) is 0 Å². The van der Waals surface area contributed by atoms with Gasteiger partial charge in [-0.2, -0.15) is 5.10 Å². The molecule has 3 heterocycles. The summed E-state index contributed by atoms with van der Waals surface area (Å²) in [5, 5.41) is 11.9. The van der Waals surface area contributed by atoms with E-state index in [4.69, 9.17) is 0 Å². The van der Waals surface area contributed by atoms with Crippen molar-refractivity contribution in [1.29, 1.82) is 0 Å². The van der Waals surface area contributed by atoms with E-state index < -0.39 is 17.5 Å². The van der Waals surface area contributed by atoms with E-state index in [-0.39, 0.29) is 12.5 Å². The van der Waals surface area contributed by atoms with Crippen LogP contribution in [-0.4, -0.2) is 39.1 Å². The first kappa shape index (κ1) is 19.5. The summed E-state index contributed by atoms with van der Waals surface area (Å²) in [6, 6.07) is 12.8. The zero-order valence-electron chi connectivity index (χ0n) is 16.7. The van der Waals surface area contributed by atoms with Gasteiger partial charge in [0.2, 0.25) is 5.91 Å². The average molecular weight is 436 g/mol. The van der Waals surface area contributed by atoms with Crippen LogP contribution in [0.15, 0.2) is 54.0 Å². The van der Waals surface area contributed by atoms with Crippen molar-refractivity contribution >= 4 is 35.0 Å². The highest BCUT2D eigenvalue weighted by atomic mass is 32.1. The molecule has 2 N–H and O–H groups in total. The van der Waals surface area contributed by atoms with Crippen LogP contribution in [0.2, 0.25) is 0 Å². The quantitative estimate of drug-likeness (QED) is 0.603. The standard InChI is InChI=1S/C22H21N5O3S/c28-19(24-18-9-11-23-27(18)13-16-7-4-12-31-16)14-26-20(29)22(25-21(26)30)10-3-6-15-5-1-2-8-17(15)22/h1-2,4-5,7-9,11-12H,3,6,10,13-14H2,(H,24,28)(H,25,30)/t22-/m1/s1. The molecule has 4 amide bonds. The molecular formula is C22H21N5O3S. The van der Waals surface area contributed by atoms with Gasteiger partial charge in [-0.25, -0.2) is 9.48 Å². The first-order valence-electron chi connectivity index (χ1n) is 10.1. The van der Waals surface area contributed by atoms with Crippen molar-refractivity contribution in [1.82, 2.24) is 20.0 Å². The number of benzene rings is 1. The van der Waals surface area contributed by atoms with Gasteiger partial charge in [0, 0.05) is 10.9 Å². The minimum Gasteiger partial charge on any atom is -0.319 e. The van der Waals surface area contributed by atoms with Crippen LogP contribution >= 0.6 is 11.3 Å². The van der Waals surface area contributed by atoms with Gasteiger partial charge in [-0.05, 0) is 41.8 Å². The first-order valence-corrected chi connectivity index (χ1v) is 11.0. The summed E-state index contributed by atoms with van der Waals surface area (Å²) in [6.45, 7) is 0.183. The van der Waals surface area contributed by atoms with E-state index in [9.17, 15) is 14.4 Å². The number of rotatable bonds is 5. The maximum atomic E-state index is 13.3. The lowest BCUT2D eigenvalue weighted by molar-refractivity contribution is -0.134. The van der Waals surface area contributed by atoms with E-state index in [1.807, 2.05) is 41.8 Å². The van der Waals surface area contributed by atoms with Gasteiger partial charge < -0.3 is 10.6 Å². The molecule has 1 fully saturated rings. The Morgan fingerprint density at radius 3 is 2.90 bits per heavy atom. The van der Waals surface area contributed by atoms with Crippen molar-refractivity contribution in [3.05, 3.63) is 70.0 Å². The van der Waals surface area contributed by atoms with Crippen LogP contribution in [0, 0.1) is 0 Å². The minimum atomic E-state index is -1.08. The summed E-state index contributed by atoms with van der Waals surface area (Å²) >= 11 is 1.60. The highest BCUT2D eigenvalue weighted by Gasteiger charge is 2.54. The maximum Gasteiger partial charge on any atom is 0.325 e. The van der Waals surface area contributed by atoms with Crippen LogP contribution in [0.25, 0.3) is 0 Å². The largest absolute Gasteiger partial charge is 0.325 e. The molecular weight excluding hydrogens is 414 g/mol. The molecule has 0 bridgehead atoms. The lowest BCUT2D eigenvalue weighted by Crippen LogP contribution is -2.47. The molecule has 2 aliphatic rings. The minimum absolute atomic E-state index is 0.348. The molecule has 0 radical (unpaired) electrons. The van der Waals surface area contributed by atoms with Crippen LogP contribution in [0.4, 0.5) is 10.6 Å². The van der Waals surface area contributed by atoms with E-state index >= 15 is 0 Å². The van der Waals surface area contributed by atoms with Gasteiger partial charge in [0.1, 0.15) is 17.9 Å². The van der Waals surface area contributed by atoms with Crippen molar-refractivity contribution in [2.45, 2.75) is 31.3 Å². The molecule has 1 aliphatic carbocycles. The second-order valence-electron chi connectivity index (χ2n) is 7.74.